The summed E-state index contributed by atoms with van der Waals surface area (Å²) < 4.78 is 16.5. The topological polar surface area (TPSA) is 120 Å². The van der Waals surface area contributed by atoms with Crippen LogP contribution in [0.25, 0.3) is 6.08 Å². The number of methoxy groups -OCH3 is 1. The van der Waals surface area contributed by atoms with Crippen LogP contribution < -0.4 is 14.8 Å². The first-order valence-corrected chi connectivity index (χ1v) is 10.7. The number of carbonyl (C=O) groups is 3. The number of nitrogens with zero attached hydrogens (tertiary/aromatic N) is 3. The van der Waals surface area contributed by atoms with Gasteiger partial charge in [0.25, 0.3) is 11.1 Å². The highest BCUT2D eigenvalue weighted by atomic mass is 32.2. The molecule has 0 saturated carbocycles. The summed E-state index contributed by atoms with van der Waals surface area (Å²) in [5.41, 5.74) is 0.706. The summed E-state index contributed by atoms with van der Waals surface area (Å²) >= 11 is 0.855. The fraction of sp³-hybridized carbons (Fsp3) is 0.286. The Balaban J connectivity index is 1.38. The molecule has 32 heavy (non-hydrogen) atoms. The largest absolute Gasteiger partial charge is 0.474 e. The van der Waals surface area contributed by atoms with Gasteiger partial charge in [-0.15, -0.1) is 0 Å². The number of benzene rings is 1. The lowest BCUT2D eigenvalue weighted by molar-refractivity contribution is -0.115. The van der Waals surface area contributed by atoms with Gasteiger partial charge in [0.2, 0.25) is 11.8 Å². The van der Waals surface area contributed by atoms with E-state index in [0.717, 1.165) is 11.8 Å². The first-order valence-electron chi connectivity index (χ1n) is 9.84. The van der Waals surface area contributed by atoms with Crippen molar-refractivity contribution in [3.8, 4) is 17.5 Å². The molecule has 1 N–H and O–H groups in total. The number of thioether (sulfide) groups is 1. The predicted molar refractivity (Wildman–Crippen MR) is 115 cm³/mol. The van der Waals surface area contributed by atoms with Gasteiger partial charge in [0.05, 0.1) is 18.1 Å². The molecule has 0 radical (unpaired) electrons. The van der Waals surface area contributed by atoms with Crippen molar-refractivity contribution in [3.05, 3.63) is 47.1 Å². The monoisotopic (exact) mass is 456 g/mol. The van der Waals surface area contributed by atoms with Gasteiger partial charge in [0.1, 0.15) is 18.2 Å². The summed E-state index contributed by atoms with van der Waals surface area (Å²) in [4.78, 5) is 44.8. The van der Waals surface area contributed by atoms with Gasteiger partial charge >= 0.3 is 6.09 Å². The van der Waals surface area contributed by atoms with Gasteiger partial charge in [-0.05, 0) is 35.5 Å². The van der Waals surface area contributed by atoms with E-state index in [1.807, 2.05) is 0 Å². The minimum absolute atomic E-state index is 0.0774. The number of aromatic nitrogens is 2. The van der Waals surface area contributed by atoms with E-state index in [-0.39, 0.29) is 12.2 Å². The lowest BCUT2D eigenvalue weighted by Crippen LogP contribution is -2.41. The Morgan fingerprint density at radius 1 is 1.19 bits per heavy atom. The molecule has 3 heterocycles. The molecular weight excluding hydrogens is 436 g/mol. The zero-order valence-corrected chi connectivity index (χ0v) is 18.0. The third-order valence-corrected chi connectivity index (χ3v) is 5.61. The van der Waals surface area contributed by atoms with Crippen LogP contribution in [0.4, 0.5) is 9.59 Å². The predicted octanol–water partition coefficient (Wildman–Crippen LogP) is 3.20. The number of carbonyl (C=O) groups excluding carboxylic acids is 3. The summed E-state index contributed by atoms with van der Waals surface area (Å²) in [6.07, 6.45) is 3.89. The van der Waals surface area contributed by atoms with Gasteiger partial charge in [-0.3, -0.25) is 14.9 Å². The molecule has 1 aromatic heterocycles. The van der Waals surface area contributed by atoms with Gasteiger partial charge in [-0.1, -0.05) is 12.1 Å². The zero-order valence-electron chi connectivity index (χ0n) is 17.1. The number of hydrogen-bond donors (Lipinski definition) is 1. The van der Waals surface area contributed by atoms with Crippen molar-refractivity contribution < 1.29 is 28.6 Å². The number of likely N-dealkylation sites (tertiary alicyclic amines) is 1. The molecule has 0 spiro atoms. The van der Waals surface area contributed by atoms with Crippen molar-refractivity contribution in [1.82, 2.24) is 20.2 Å². The van der Waals surface area contributed by atoms with Gasteiger partial charge in [0.15, 0.2) is 0 Å². The van der Waals surface area contributed by atoms with Crippen LogP contribution in [0, 0.1) is 0 Å². The second-order valence-electron chi connectivity index (χ2n) is 7.00. The average Bonchev–Trinajstić information content (AvgIpc) is 3.10. The molecule has 4 rings (SSSR count). The molecule has 0 atom stereocenters. The van der Waals surface area contributed by atoms with Crippen LogP contribution in [0.1, 0.15) is 18.4 Å². The third kappa shape index (κ3) is 5.35. The maximum atomic E-state index is 11.7. The highest BCUT2D eigenvalue weighted by Crippen LogP contribution is 2.28. The molecule has 2 saturated heterocycles. The first kappa shape index (κ1) is 21.6. The highest BCUT2D eigenvalue weighted by molar-refractivity contribution is 8.18. The fourth-order valence-electron chi connectivity index (χ4n) is 3.26. The summed E-state index contributed by atoms with van der Waals surface area (Å²) in [5.74, 6) is 0.767. The standard InChI is InChI=1S/C21H20N4O6S/c1-29-21(28)25-7-5-14(6-8-25)30-17-11-18(23-12-22-17)31-15-4-2-3-13(9-15)10-16-19(26)24-20(27)32-16/h2-4,9-12,14H,5-8H2,1H3,(H,24,26,27)/b16-10-. The molecule has 0 bridgehead atoms. The summed E-state index contributed by atoms with van der Waals surface area (Å²) in [6, 6.07) is 8.65. The normalized spacial score (nSPS) is 17.9. The fourth-order valence-corrected chi connectivity index (χ4v) is 3.94. The molecular formula is C21H20N4O6S. The molecule has 0 aliphatic carbocycles. The van der Waals surface area contributed by atoms with Crippen LogP contribution in [0.5, 0.6) is 17.5 Å². The Labute approximate surface area is 187 Å². The molecule has 3 amide bonds. The zero-order chi connectivity index (χ0) is 22.5. The minimum Gasteiger partial charge on any atom is -0.474 e. The van der Waals surface area contributed by atoms with E-state index in [9.17, 15) is 14.4 Å². The SMILES string of the molecule is COC(=O)N1CCC(Oc2cc(Oc3cccc(/C=C4\SC(=O)NC4=O)c3)ncn2)CC1. The van der Waals surface area contributed by atoms with Crippen LogP contribution in [-0.4, -0.2) is 58.4 Å². The molecule has 11 heteroatoms. The molecule has 1 aromatic carbocycles. The second kappa shape index (κ2) is 9.69. The van der Waals surface area contributed by atoms with Crippen molar-refractivity contribution in [2.24, 2.45) is 0 Å². The first-order chi connectivity index (χ1) is 15.5. The smallest absolute Gasteiger partial charge is 0.409 e. The van der Waals surface area contributed by atoms with Crippen LogP contribution >= 0.6 is 11.8 Å². The molecule has 10 nitrogen and oxygen atoms in total. The van der Waals surface area contributed by atoms with Crippen LogP contribution in [-0.2, 0) is 9.53 Å². The molecule has 2 fully saturated rings. The van der Waals surface area contributed by atoms with E-state index in [1.54, 1.807) is 41.3 Å². The number of piperidine rings is 1. The van der Waals surface area contributed by atoms with Crippen LogP contribution in [0.3, 0.4) is 0 Å². The van der Waals surface area contributed by atoms with E-state index < -0.39 is 11.1 Å². The molecule has 2 aliphatic heterocycles. The Bertz CT molecular complexity index is 1070. The number of hydrogen-bond acceptors (Lipinski definition) is 9. The Kier molecular flexibility index (Phi) is 6.55. The van der Waals surface area contributed by atoms with Crippen LogP contribution in [0.15, 0.2) is 41.6 Å². The van der Waals surface area contributed by atoms with Crippen molar-refractivity contribution in [1.29, 1.82) is 0 Å². The van der Waals surface area contributed by atoms with Gasteiger partial charge < -0.3 is 19.1 Å². The minimum atomic E-state index is -0.415. The second-order valence-corrected chi connectivity index (χ2v) is 8.01. The maximum Gasteiger partial charge on any atom is 0.409 e. The number of amides is 3. The van der Waals surface area contributed by atoms with Crippen molar-refractivity contribution in [2.75, 3.05) is 20.2 Å². The lowest BCUT2D eigenvalue weighted by Gasteiger charge is -2.30. The number of rotatable bonds is 5. The van der Waals surface area contributed by atoms with E-state index in [0.29, 0.717) is 53.9 Å². The molecule has 2 aromatic rings. The van der Waals surface area contributed by atoms with Crippen LogP contribution in [0.2, 0.25) is 0 Å². The summed E-state index contributed by atoms with van der Waals surface area (Å²) in [7, 11) is 1.37. The number of ether oxygens (including phenoxy) is 3. The Morgan fingerprint density at radius 2 is 1.97 bits per heavy atom. The van der Waals surface area contributed by atoms with Crippen molar-refractivity contribution in [3.63, 3.8) is 0 Å². The van der Waals surface area contributed by atoms with E-state index in [4.69, 9.17) is 14.2 Å². The number of imide groups is 1. The quantitative estimate of drug-likeness (QED) is 0.676. The Morgan fingerprint density at radius 3 is 2.69 bits per heavy atom. The van der Waals surface area contributed by atoms with E-state index in [1.165, 1.54) is 13.4 Å². The van der Waals surface area contributed by atoms with Gasteiger partial charge in [-0.2, -0.15) is 0 Å². The maximum absolute atomic E-state index is 11.7. The average molecular weight is 456 g/mol. The highest BCUT2D eigenvalue weighted by Gasteiger charge is 2.26. The summed E-state index contributed by atoms with van der Waals surface area (Å²) in [5, 5.41) is 1.83. The summed E-state index contributed by atoms with van der Waals surface area (Å²) in [6.45, 7) is 1.10. The third-order valence-electron chi connectivity index (χ3n) is 4.80. The van der Waals surface area contributed by atoms with Crippen molar-refractivity contribution >= 4 is 35.1 Å². The molecule has 166 valence electrons. The van der Waals surface area contributed by atoms with Crippen molar-refractivity contribution in [2.45, 2.75) is 18.9 Å². The van der Waals surface area contributed by atoms with Gasteiger partial charge in [-0.25, -0.2) is 14.8 Å². The lowest BCUT2D eigenvalue weighted by atomic mass is 10.1. The van der Waals surface area contributed by atoms with E-state index >= 15 is 0 Å². The number of nitrogens with one attached hydrogen (secondary N) is 1. The van der Waals surface area contributed by atoms with Gasteiger partial charge in [0, 0.05) is 25.9 Å². The molecule has 0 unspecified atom stereocenters. The molecule has 2 aliphatic rings. The Hall–Kier alpha value is -3.60. The van der Waals surface area contributed by atoms with E-state index in [2.05, 4.69) is 15.3 Å².